The van der Waals surface area contributed by atoms with Gasteiger partial charge in [-0.3, -0.25) is 9.59 Å². The van der Waals surface area contributed by atoms with E-state index in [0.29, 0.717) is 23.9 Å². The van der Waals surface area contributed by atoms with E-state index in [-0.39, 0.29) is 38.6 Å². The van der Waals surface area contributed by atoms with Crippen LogP contribution in [0, 0.1) is 0 Å². The van der Waals surface area contributed by atoms with Crippen molar-refractivity contribution >= 4 is 17.9 Å². The molecule has 464 valence electrons. The Hall–Kier alpha value is -5.61. The summed E-state index contributed by atoms with van der Waals surface area (Å²) in [5.74, 6) is -2.36. The summed E-state index contributed by atoms with van der Waals surface area (Å²) in [6.07, 6.45) is 92.3. The van der Waals surface area contributed by atoms with Crippen molar-refractivity contribution in [2.45, 2.75) is 219 Å². The predicted molar refractivity (Wildman–Crippen MR) is 351 cm³/mol. The molecule has 83 heavy (non-hydrogen) atoms. The Bertz CT molecular complexity index is 2010. The van der Waals surface area contributed by atoms with E-state index in [2.05, 4.69) is 196 Å². The smallest absolute Gasteiger partial charge is 0.306 e. The molecule has 0 aliphatic rings. The maximum absolute atomic E-state index is 12.9. The molecule has 0 saturated heterocycles. The zero-order chi connectivity index (χ0) is 60.5. The van der Waals surface area contributed by atoms with E-state index in [0.717, 1.165) is 148 Å². The molecule has 0 aromatic carbocycles. The number of hydrogen-bond donors (Lipinski definition) is 0. The topological polar surface area (TPSA) is 111 Å². The Morgan fingerprint density at radius 3 is 0.964 bits per heavy atom. The van der Waals surface area contributed by atoms with Gasteiger partial charge in [-0.2, -0.15) is 0 Å². The number of likely N-dealkylation sites (N-methyl/N-ethyl adjacent to an activating group) is 1. The predicted octanol–water partition coefficient (Wildman–Crippen LogP) is 18.3. The summed E-state index contributed by atoms with van der Waals surface area (Å²) < 4.78 is 22.7. The van der Waals surface area contributed by atoms with Gasteiger partial charge in [-0.05, 0) is 135 Å². The van der Waals surface area contributed by atoms with Crippen molar-refractivity contribution in [3.8, 4) is 0 Å². The summed E-state index contributed by atoms with van der Waals surface area (Å²) in [5, 5.41) is 11.8. The van der Waals surface area contributed by atoms with E-state index in [1.54, 1.807) is 0 Å². The highest BCUT2D eigenvalue weighted by atomic mass is 16.7. The van der Waals surface area contributed by atoms with E-state index in [4.69, 9.17) is 18.9 Å². The van der Waals surface area contributed by atoms with Crippen LogP contribution < -0.4 is 5.11 Å². The first-order valence-electron chi connectivity index (χ1n) is 31.9. The summed E-state index contributed by atoms with van der Waals surface area (Å²) in [7, 11) is 5.89. The Morgan fingerprint density at radius 1 is 0.361 bits per heavy atom. The van der Waals surface area contributed by atoms with Crippen LogP contribution in [-0.4, -0.2) is 82.3 Å². The van der Waals surface area contributed by atoms with Crippen LogP contribution in [0.4, 0.5) is 0 Å². The largest absolute Gasteiger partial charge is 0.545 e. The van der Waals surface area contributed by atoms with E-state index in [9.17, 15) is 19.5 Å². The summed E-state index contributed by atoms with van der Waals surface area (Å²) in [5.41, 5.74) is 0. The van der Waals surface area contributed by atoms with Crippen LogP contribution in [-0.2, 0) is 33.3 Å². The number of carbonyl (C=O) groups excluding carboxylic acids is 3. The average molecular weight is 1150 g/mol. The molecule has 0 fully saturated rings. The number of unbranched alkanes of at least 4 members (excludes halogenated alkanes) is 11. The molecule has 2 atom stereocenters. The normalized spacial score (nSPS) is 14.0. The highest BCUT2D eigenvalue weighted by Crippen LogP contribution is 2.13. The number of esters is 2. The van der Waals surface area contributed by atoms with Crippen LogP contribution in [0.2, 0.25) is 0 Å². The standard InChI is InChI=1S/C74H115NO8/c1-6-8-10-12-14-16-18-20-22-24-26-28-30-32-34-36-38-40-42-44-46-48-50-52-54-56-58-60-62-64-71(76)81-68-70(69-82-74(73(78)79)80-67-66-75(3,4)5)83-72(77)65-63-61-59-57-55-53-51-49-47-45-43-41-39-37-35-33-31-29-27-25-23-21-19-17-15-13-11-9-7-2/h8-11,14-17,20-23,26-29,32-35,38-41,44-47,51,53,70,74H,6-7,12-13,18-19,24-25,30-31,36-37,42-43,48-50,52,54-69H2,1-5H3/b10-8-,11-9-,16-14-,17-15-,22-20-,23-21-,28-26-,29-27-,34-32-,35-33-,40-38-,41-39-,46-44-,47-45-,53-51-. The van der Waals surface area contributed by atoms with Gasteiger partial charge in [-0.15, -0.1) is 0 Å². The van der Waals surface area contributed by atoms with Crippen LogP contribution in [0.25, 0.3) is 0 Å². The first kappa shape index (κ1) is 77.4. The fourth-order valence-electron chi connectivity index (χ4n) is 7.82. The minimum Gasteiger partial charge on any atom is -0.545 e. The van der Waals surface area contributed by atoms with Crippen molar-refractivity contribution in [3.63, 3.8) is 0 Å². The molecule has 0 heterocycles. The number of carboxylic acids is 1. The average Bonchev–Trinajstić information content (AvgIpc) is 3.46. The molecule has 0 bridgehead atoms. The molecule has 0 radical (unpaired) electrons. The quantitative estimate of drug-likeness (QED) is 0.0195. The number of aliphatic carboxylic acids is 1. The molecule has 2 unspecified atom stereocenters. The molecule has 0 aromatic heterocycles. The molecule has 0 aliphatic carbocycles. The van der Waals surface area contributed by atoms with Crippen molar-refractivity contribution in [3.05, 3.63) is 182 Å². The van der Waals surface area contributed by atoms with E-state index in [1.807, 2.05) is 21.1 Å². The molecule has 0 aromatic rings. The van der Waals surface area contributed by atoms with Gasteiger partial charge in [0.1, 0.15) is 13.2 Å². The molecular weight excluding hydrogens is 1030 g/mol. The monoisotopic (exact) mass is 1150 g/mol. The second-order valence-electron chi connectivity index (χ2n) is 21.6. The molecule has 0 aliphatic heterocycles. The van der Waals surface area contributed by atoms with Crippen LogP contribution >= 0.6 is 0 Å². The number of carboxylic acid groups (broad SMARTS) is 1. The molecule has 0 saturated carbocycles. The lowest BCUT2D eigenvalue weighted by atomic mass is 10.1. The number of quaternary nitrogens is 1. The first-order valence-corrected chi connectivity index (χ1v) is 31.9. The van der Waals surface area contributed by atoms with Crippen LogP contribution in [0.3, 0.4) is 0 Å². The van der Waals surface area contributed by atoms with Crippen molar-refractivity contribution in [2.24, 2.45) is 0 Å². The van der Waals surface area contributed by atoms with Gasteiger partial charge < -0.3 is 33.3 Å². The second kappa shape index (κ2) is 62.4. The maximum Gasteiger partial charge on any atom is 0.306 e. The number of allylic oxidation sites excluding steroid dienone is 30. The number of rotatable bonds is 56. The number of carbonyl (C=O) groups is 3. The third-order valence-corrected chi connectivity index (χ3v) is 12.6. The lowest BCUT2D eigenvalue weighted by Crippen LogP contribution is -2.44. The van der Waals surface area contributed by atoms with E-state index >= 15 is 0 Å². The minimum absolute atomic E-state index is 0.129. The van der Waals surface area contributed by atoms with Crippen LogP contribution in [0.15, 0.2) is 182 Å². The van der Waals surface area contributed by atoms with Gasteiger partial charge in [0.15, 0.2) is 12.4 Å². The van der Waals surface area contributed by atoms with Crippen molar-refractivity contribution in [1.29, 1.82) is 0 Å². The van der Waals surface area contributed by atoms with Crippen LogP contribution in [0.1, 0.15) is 206 Å². The number of hydrogen-bond acceptors (Lipinski definition) is 8. The van der Waals surface area contributed by atoms with Gasteiger partial charge in [0.2, 0.25) is 0 Å². The van der Waals surface area contributed by atoms with Gasteiger partial charge in [-0.25, -0.2) is 0 Å². The van der Waals surface area contributed by atoms with E-state index in [1.165, 1.54) is 19.3 Å². The molecule has 0 rings (SSSR count). The summed E-state index contributed by atoms with van der Waals surface area (Å²) in [4.78, 5) is 37.4. The molecule has 0 amide bonds. The maximum atomic E-state index is 12.9. The zero-order valence-electron chi connectivity index (χ0n) is 52.7. The zero-order valence-corrected chi connectivity index (χ0v) is 52.7. The fraction of sp³-hybridized carbons (Fsp3) is 0.554. The molecule has 9 heteroatoms. The third-order valence-electron chi connectivity index (χ3n) is 12.6. The first-order chi connectivity index (χ1) is 40.6. The van der Waals surface area contributed by atoms with Gasteiger partial charge >= 0.3 is 11.9 Å². The Balaban J connectivity index is 4.35. The summed E-state index contributed by atoms with van der Waals surface area (Å²) >= 11 is 0. The molecule has 9 nitrogen and oxygen atoms in total. The number of nitrogens with zero attached hydrogens (tertiary/aromatic N) is 1. The number of ether oxygens (including phenoxy) is 4. The summed E-state index contributed by atoms with van der Waals surface area (Å²) in [6.45, 7) is 4.44. The Kier molecular flexibility index (Phi) is 58.2. The Labute approximate surface area is 507 Å². The lowest BCUT2D eigenvalue weighted by molar-refractivity contribution is -0.870. The van der Waals surface area contributed by atoms with Crippen molar-refractivity contribution in [2.75, 3.05) is 47.5 Å². The fourth-order valence-corrected chi connectivity index (χ4v) is 7.82. The van der Waals surface area contributed by atoms with E-state index < -0.39 is 24.3 Å². The summed E-state index contributed by atoms with van der Waals surface area (Å²) in [6, 6.07) is 0. The van der Waals surface area contributed by atoms with Crippen LogP contribution in [0.5, 0.6) is 0 Å². The van der Waals surface area contributed by atoms with Gasteiger partial charge in [0, 0.05) is 12.8 Å². The molecular formula is C74H115NO8. The van der Waals surface area contributed by atoms with Crippen molar-refractivity contribution < 1.29 is 42.9 Å². The highest BCUT2D eigenvalue weighted by Gasteiger charge is 2.22. The van der Waals surface area contributed by atoms with Gasteiger partial charge in [0.25, 0.3) is 0 Å². The van der Waals surface area contributed by atoms with Gasteiger partial charge in [0.05, 0.1) is 40.3 Å². The second-order valence-corrected chi connectivity index (χ2v) is 21.6. The van der Waals surface area contributed by atoms with Crippen molar-refractivity contribution in [1.82, 2.24) is 0 Å². The third kappa shape index (κ3) is 63.8. The van der Waals surface area contributed by atoms with Gasteiger partial charge in [-0.1, -0.05) is 241 Å². The highest BCUT2D eigenvalue weighted by molar-refractivity contribution is 5.70. The lowest BCUT2D eigenvalue weighted by Gasteiger charge is -2.26. The Morgan fingerprint density at radius 2 is 0.651 bits per heavy atom. The minimum atomic E-state index is -1.65. The molecule has 0 N–H and O–H groups in total. The molecule has 0 spiro atoms. The SMILES string of the molecule is CC/C=C\C/C=C\C/C=C\C/C=C\C/C=C\C/C=C\C/C=C\C/C=C\CCCCCCC(=O)OC(COC(=O)CCCCCCCCC/C=C\C/C=C\C/C=C\C/C=C\C/C=C\C/C=C\C/C=C\CC)COC(OCC[N+](C)(C)C)C(=O)[O-].